The molecule has 0 saturated carbocycles. The number of nitrogens with one attached hydrogen (secondary N) is 2. The maximum Gasteiger partial charge on any atom is 0.101 e. The van der Waals surface area contributed by atoms with E-state index >= 15 is 0 Å². The van der Waals surface area contributed by atoms with Crippen molar-refractivity contribution in [2.45, 2.75) is 0 Å². The molecule has 0 aromatic heterocycles. The molecule has 0 unspecified atom stereocenters. The lowest BCUT2D eigenvalue weighted by molar-refractivity contribution is 1.42. The molecule has 0 aliphatic heterocycles. The van der Waals surface area contributed by atoms with Gasteiger partial charge < -0.3 is 10.6 Å². The van der Waals surface area contributed by atoms with Crippen molar-refractivity contribution in [2.24, 2.45) is 0 Å². The Balaban J connectivity index is 1.17. The summed E-state index contributed by atoms with van der Waals surface area (Å²) in [6, 6.07) is 46.5. The van der Waals surface area contributed by atoms with Gasteiger partial charge in [0.25, 0.3) is 0 Å². The van der Waals surface area contributed by atoms with E-state index in [9.17, 15) is 10.5 Å². The molecule has 0 amide bonds. The van der Waals surface area contributed by atoms with Gasteiger partial charge in [-0.25, -0.2) is 0 Å². The molecule has 4 nitrogen and oxygen atoms in total. The van der Waals surface area contributed by atoms with E-state index in [0.29, 0.717) is 22.5 Å². The van der Waals surface area contributed by atoms with Crippen LogP contribution in [0.4, 0.5) is 22.7 Å². The van der Waals surface area contributed by atoms with Crippen LogP contribution in [0.2, 0.25) is 0 Å². The number of hydrogen-bond acceptors (Lipinski definition) is 4. The molecule has 0 bridgehead atoms. The van der Waals surface area contributed by atoms with Crippen molar-refractivity contribution in [1.29, 1.82) is 10.5 Å². The van der Waals surface area contributed by atoms with Gasteiger partial charge in [-0.05, 0) is 78.1 Å². The highest BCUT2D eigenvalue weighted by Gasteiger charge is 2.17. The number of hydrogen-bond donors (Lipinski definition) is 2. The molecule has 9 aromatic rings. The second-order valence-electron chi connectivity index (χ2n) is 11.4. The molecule has 9 rings (SSSR count). The molecule has 0 radical (unpaired) electrons. The molecule has 0 heterocycles. The first-order chi connectivity index (χ1) is 21.7. The molecule has 4 heteroatoms. The molecule has 2 N–H and O–H groups in total. The summed E-state index contributed by atoms with van der Waals surface area (Å²) in [6.07, 6.45) is 0. The normalized spacial score (nSPS) is 11.6. The molecular formula is C40H22N4. The monoisotopic (exact) mass is 558 g/mol. The Kier molecular flexibility index (Phi) is 5.00. The molecule has 0 aliphatic rings. The zero-order valence-electron chi connectivity index (χ0n) is 23.4. The summed E-state index contributed by atoms with van der Waals surface area (Å²) < 4.78 is 0. The van der Waals surface area contributed by atoms with E-state index in [1.807, 2.05) is 6.07 Å². The summed E-state index contributed by atoms with van der Waals surface area (Å²) in [7, 11) is 0. The summed E-state index contributed by atoms with van der Waals surface area (Å²) in [6.45, 7) is 0. The zero-order valence-corrected chi connectivity index (χ0v) is 23.4. The van der Waals surface area contributed by atoms with E-state index in [1.165, 1.54) is 48.5 Å². The second kappa shape index (κ2) is 9.07. The SMILES string of the molecule is N#Cc1cc(Nc2cc3cccc4ccc5cccc2c5c43)c(C#N)cc1Nc1ccc2ccc3cccc4ccc1c2c34. The van der Waals surface area contributed by atoms with Crippen LogP contribution in [0.3, 0.4) is 0 Å². The van der Waals surface area contributed by atoms with Gasteiger partial charge in [-0.1, -0.05) is 97.1 Å². The predicted octanol–water partition coefficient (Wildman–Crippen LogP) is 10.7. The Morgan fingerprint density at radius 1 is 0.364 bits per heavy atom. The van der Waals surface area contributed by atoms with Crippen molar-refractivity contribution >= 4 is 87.4 Å². The second-order valence-corrected chi connectivity index (χ2v) is 11.4. The zero-order chi connectivity index (χ0) is 29.4. The molecule has 44 heavy (non-hydrogen) atoms. The van der Waals surface area contributed by atoms with Crippen LogP contribution in [0.5, 0.6) is 0 Å². The fourth-order valence-corrected chi connectivity index (χ4v) is 6.99. The third-order valence-electron chi connectivity index (χ3n) is 8.97. The van der Waals surface area contributed by atoms with Crippen molar-refractivity contribution in [3.63, 3.8) is 0 Å². The Bertz CT molecular complexity index is 2670. The van der Waals surface area contributed by atoms with Crippen molar-refractivity contribution in [3.05, 3.63) is 132 Å². The molecule has 9 aromatic carbocycles. The number of rotatable bonds is 4. The number of anilines is 4. The summed E-state index contributed by atoms with van der Waals surface area (Å²) in [5, 5.41) is 41.6. The average molecular weight is 559 g/mol. The summed E-state index contributed by atoms with van der Waals surface area (Å²) in [5.74, 6) is 0. The maximum atomic E-state index is 10.3. The highest BCUT2D eigenvalue weighted by Crippen LogP contribution is 2.42. The van der Waals surface area contributed by atoms with Crippen molar-refractivity contribution in [3.8, 4) is 12.1 Å². The van der Waals surface area contributed by atoms with Gasteiger partial charge in [-0.2, -0.15) is 10.5 Å². The van der Waals surface area contributed by atoms with Crippen molar-refractivity contribution in [2.75, 3.05) is 10.6 Å². The van der Waals surface area contributed by atoms with Crippen LogP contribution < -0.4 is 10.6 Å². The van der Waals surface area contributed by atoms with Crippen LogP contribution >= 0.6 is 0 Å². The summed E-state index contributed by atoms with van der Waals surface area (Å²) in [4.78, 5) is 0. The minimum absolute atomic E-state index is 0.453. The molecule has 0 aliphatic carbocycles. The largest absolute Gasteiger partial charge is 0.354 e. The average Bonchev–Trinajstić information content (AvgIpc) is 3.07. The first-order valence-electron chi connectivity index (χ1n) is 14.6. The molecule has 0 spiro atoms. The van der Waals surface area contributed by atoms with Gasteiger partial charge in [0.2, 0.25) is 0 Å². The lowest BCUT2D eigenvalue weighted by Gasteiger charge is -2.18. The van der Waals surface area contributed by atoms with E-state index < -0.39 is 0 Å². The van der Waals surface area contributed by atoms with Gasteiger partial charge in [-0.15, -0.1) is 0 Å². The van der Waals surface area contributed by atoms with Gasteiger partial charge in [0.05, 0.1) is 22.5 Å². The van der Waals surface area contributed by atoms with Crippen molar-refractivity contribution in [1.82, 2.24) is 0 Å². The topological polar surface area (TPSA) is 71.6 Å². The first-order valence-corrected chi connectivity index (χ1v) is 14.6. The molecule has 0 atom stereocenters. The van der Waals surface area contributed by atoms with Gasteiger partial charge in [0.1, 0.15) is 12.1 Å². The van der Waals surface area contributed by atoms with E-state index in [4.69, 9.17) is 0 Å². The molecule has 0 saturated heterocycles. The standard InChI is InChI=1S/C40H22N4/c41-21-29-20-35(44-36-18-28-8-2-6-24-10-12-26-7-3-9-31(36)39(26)38(24)28)30(22-42)19-34(29)43-33-17-15-27-13-11-23-4-1-5-25-14-16-32(33)40(27)37(23)25/h1-20,43-44H. The van der Waals surface area contributed by atoms with Crippen LogP contribution in [0.25, 0.3) is 64.6 Å². The van der Waals surface area contributed by atoms with Crippen molar-refractivity contribution < 1.29 is 0 Å². The lowest BCUT2D eigenvalue weighted by atomic mass is 9.93. The third kappa shape index (κ3) is 3.43. The highest BCUT2D eigenvalue weighted by atomic mass is 14.9. The summed E-state index contributed by atoms with van der Waals surface area (Å²) >= 11 is 0. The van der Waals surface area contributed by atoms with Gasteiger partial charge in [-0.3, -0.25) is 0 Å². The van der Waals surface area contributed by atoms with Gasteiger partial charge in [0, 0.05) is 22.1 Å². The fraction of sp³-hybridized carbons (Fsp3) is 0. The van der Waals surface area contributed by atoms with Crippen LogP contribution in [-0.4, -0.2) is 0 Å². The molecule has 0 fully saturated rings. The van der Waals surface area contributed by atoms with Crippen LogP contribution in [0.15, 0.2) is 121 Å². The highest BCUT2D eigenvalue weighted by molar-refractivity contribution is 6.27. The lowest BCUT2D eigenvalue weighted by Crippen LogP contribution is -2.01. The molecule has 202 valence electrons. The minimum Gasteiger partial charge on any atom is -0.354 e. The van der Waals surface area contributed by atoms with Gasteiger partial charge in [0.15, 0.2) is 0 Å². The summed E-state index contributed by atoms with van der Waals surface area (Å²) in [5.41, 5.74) is 3.89. The fourth-order valence-electron chi connectivity index (χ4n) is 6.99. The number of nitriles is 2. The van der Waals surface area contributed by atoms with E-state index in [1.54, 1.807) is 12.1 Å². The van der Waals surface area contributed by atoms with Crippen LogP contribution in [-0.2, 0) is 0 Å². The third-order valence-corrected chi connectivity index (χ3v) is 8.97. The quantitative estimate of drug-likeness (QED) is 0.211. The first kappa shape index (κ1) is 24.3. The Labute approximate surface area is 252 Å². The van der Waals surface area contributed by atoms with E-state index in [-0.39, 0.29) is 0 Å². The Hall–Kier alpha value is -6.36. The number of nitrogens with zero attached hydrogens (tertiary/aromatic N) is 2. The van der Waals surface area contributed by atoms with Crippen LogP contribution in [0.1, 0.15) is 11.1 Å². The Morgan fingerprint density at radius 3 is 1.41 bits per heavy atom. The minimum atomic E-state index is 0.453. The Morgan fingerprint density at radius 2 is 0.795 bits per heavy atom. The van der Waals surface area contributed by atoms with Gasteiger partial charge >= 0.3 is 0 Å². The molecular weight excluding hydrogens is 536 g/mol. The predicted molar refractivity (Wildman–Crippen MR) is 183 cm³/mol. The van der Waals surface area contributed by atoms with E-state index in [2.05, 4.69) is 126 Å². The maximum absolute atomic E-state index is 10.3. The smallest absolute Gasteiger partial charge is 0.101 e. The number of benzene rings is 9. The van der Waals surface area contributed by atoms with Crippen LogP contribution in [0, 0.1) is 22.7 Å². The van der Waals surface area contributed by atoms with E-state index in [0.717, 1.165) is 27.5 Å².